The number of aliphatic hydroxyl groups excluding tert-OH is 1. The molecule has 1 saturated carbocycles. The van der Waals surface area contributed by atoms with Crippen LogP contribution in [-0.2, 0) is 6.54 Å². The summed E-state index contributed by atoms with van der Waals surface area (Å²) >= 11 is 3.45. The molecular weight excluding hydrogens is 270 g/mol. The molecule has 2 atom stereocenters. The first-order valence-corrected chi connectivity index (χ1v) is 6.34. The summed E-state index contributed by atoms with van der Waals surface area (Å²) in [5.41, 5.74) is 6.63. The van der Waals surface area contributed by atoms with E-state index in [1.54, 1.807) is 0 Å². The average molecular weight is 286 g/mol. The van der Waals surface area contributed by atoms with Crippen LogP contribution in [0.5, 0.6) is 5.75 Å². The number of hydrogen-bond acceptors (Lipinski definition) is 3. The molecule has 0 amide bonds. The van der Waals surface area contributed by atoms with E-state index in [9.17, 15) is 5.11 Å². The van der Waals surface area contributed by atoms with Crippen LogP contribution < -0.4 is 10.5 Å². The summed E-state index contributed by atoms with van der Waals surface area (Å²) in [5.74, 6) is 0.774. The number of benzene rings is 1. The van der Waals surface area contributed by atoms with Crippen molar-refractivity contribution in [2.24, 2.45) is 5.73 Å². The Morgan fingerprint density at radius 3 is 2.88 bits per heavy atom. The molecule has 2 rings (SSSR count). The van der Waals surface area contributed by atoms with Gasteiger partial charge in [0.1, 0.15) is 11.9 Å². The quantitative estimate of drug-likeness (QED) is 0.895. The lowest BCUT2D eigenvalue weighted by molar-refractivity contribution is 0.0593. The molecule has 1 aromatic carbocycles. The van der Waals surface area contributed by atoms with Gasteiger partial charge in [0.2, 0.25) is 0 Å². The van der Waals surface area contributed by atoms with Crippen LogP contribution in [0.3, 0.4) is 0 Å². The number of aliphatic hydroxyl groups is 1. The van der Waals surface area contributed by atoms with E-state index < -0.39 is 0 Å². The van der Waals surface area contributed by atoms with E-state index in [4.69, 9.17) is 10.5 Å². The van der Waals surface area contributed by atoms with Gasteiger partial charge in [0.25, 0.3) is 0 Å². The Bertz CT molecular complexity index is 370. The molecule has 1 aliphatic carbocycles. The fourth-order valence-corrected chi connectivity index (χ4v) is 2.54. The Hall–Kier alpha value is -0.580. The van der Waals surface area contributed by atoms with Crippen LogP contribution in [-0.4, -0.2) is 17.3 Å². The monoisotopic (exact) mass is 285 g/mol. The van der Waals surface area contributed by atoms with Gasteiger partial charge < -0.3 is 15.6 Å². The lowest BCUT2D eigenvalue weighted by Gasteiger charge is -2.20. The number of ether oxygens (including phenoxy) is 1. The molecule has 0 saturated heterocycles. The molecule has 3 N–H and O–H groups in total. The lowest BCUT2D eigenvalue weighted by atomic mass is 10.2. The third-order valence-electron chi connectivity index (χ3n) is 2.96. The summed E-state index contributed by atoms with van der Waals surface area (Å²) in [4.78, 5) is 0. The van der Waals surface area contributed by atoms with E-state index in [0.717, 1.165) is 35.0 Å². The van der Waals surface area contributed by atoms with E-state index in [2.05, 4.69) is 15.9 Å². The van der Waals surface area contributed by atoms with Gasteiger partial charge in [-0.3, -0.25) is 0 Å². The molecule has 16 heavy (non-hydrogen) atoms. The normalized spacial score (nSPS) is 24.7. The molecule has 1 fully saturated rings. The van der Waals surface area contributed by atoms with Crippen molar-refractivity contribution in [3.8, 4) is 5.75 Å². The van der Waals surface area contributed by atoms with Crippen LogP contribution in [0.1, 0.15) is 24.8 Å². The highest BCUT2D eigenvalue weighted by atomic mass is 79.9. The van der Waals surface area contributed by atoms with E-state index in [1.807, 2.05) is 18.2 Å². The van der Waals surface area contributed by atoms with Gasteiger partial charge >= 0.3 is 0 Å². The zero-order chi connectivity index (χ0) is 11.5. The van der Waals surface area contributed by atoms with Gasteiger partial charge in [-0.25, -0.2) is 0 Å². The number of nitrogens with two attached hydrogens (primary N) is 1. The van der Waals surface area contributed by atoms with Gasteiger partial charge in [0.15, 0.2) is 0 Å². The van der Waals surface area contributed by atoms with Crippen LogP contribution in [0.25, 0.3) is 0 Å². The molecule has 0 aliphatic heterocycles. The topological polar surface area (TPSA) is 55.5 Å². The van der Waals surface area contributed by atoms with E-state index >= 15 is 0 Å². The number of halogens is 1. The Balaban J connectivity index is 2.19. The Morgan fingerprint density at radius 2 is 2.25 bits per heavy atom. The highest BCUT2D eigenvalue weighted by Gasteiger charge is 2.28. The molecule has 4 heteroatoms. The molecular formula is C12H16BrNO2. The van der Waals surface area contributed by atoms with Crippen molar-refractivity contribution in [3.63, 3.8) is 0 Å². The maximum absolute atomic E-state index is 9.73. The summed E-state index contributed by atoms with van der Waals surface area (Å²) < 4.78 is 6.76. The second-order valence-corrected chi connectivity index (χ2v) is 4.94. The van der Waals surface area contributed by atoms with Crippen LogP contribution in [0.4, 0.5) is 0 Å². The van der Waals surface area contributed by atoms with E-state index in [0.29, 0.717) is 6.54 Å². The molecule has 2 unspecified atom stereocenters. The number of hydrogen-bond donors (Lipinski definition) is 2. The third-order valence-corrected chi connectivity index (χ3v) is 3.58. The Kier molecular flexibility index (Phi) is 3.84. The molecule has 1 aliphatic rings. The van der Waals surface area contributed by atoms with Crippen molar-refractivity contribution >= 4 is 15.9 Å². The highest BCUT2D eigenvalue weighted by molar-refractivity contribution is 9.10. The molecule has 88 valence electrons. The predicted octanol–water partition coefficient (Wildman–Crippen LogP) is 2.20. The minimum atomic E-state index is -0.349. The summed E-state index contributed by atoms with van der Waals surface area (Å²) in [6, 6.07) is 5.81. The van der Waals surface area contributed by atoms with E-state index in [1.165, 1.54) is 0 Å². The summed E-state index contributed by atoms with van der Waals surface area (Å²) in [7, 11) is 0. The molecule has 0 heterocycles. The summed E-state index contributed by atoms with van der Waals surface area (Å²) in [5, 5.41) is 9.73. The van der Waals surface area contributed by atoms with E-state index in [-0.39, 0.29) is 12.2 Å². The van der Waals surface area contributed by atoms with Crippen molar-refractivity contribution < 1.29 is 9.84 Å². The van der Waals surface area contributed by atoms with Crippen LogP contribution in [0.15, 0.2) is 22.7 Å². The standard InChI is InChI=1S/C12H16BrNO2/c13-9-4-1-3-8(7-14)12(9)16-11-6-2-5-10(11)15/h1,3-4,10-11,15H,2,5-7,14H2. The minimum absolute atomic E-state index is 0.0935. The second kappa shape index (κ2) is 5.17. The summed E-state index contributed by atoms with van der Waals surface area (Å²) in [6.07, 6.45) is 2.31. The maximum atomic E-state index is 9.73. The molecule has 0 bridgehead atoms. The van der Waals surface area contributed by atoms with Gasteiger partial charge in [-0.1, -0.05) is 12.1 Å². The Labute approximate surface area is 104 Å². The first-order valence-electron chi connectivity index (χ1n) is 5.54. The van der Waals surface area contributed by atoms with Gasteiger partial charge in [0.05, 0.1) is 10.6 Å². The first-order chi connectivity index (χ1) is 7.72. The van der Waals surface area contributed by atoms with Crippen molar-refractivity contribution in [1.82, 2.24) is 0 Å². The molecule has 0 aromatic heterocycles. The van der Waals surface area contributed by atoms with Gasteiger partial charge in [-0.05, 0) is 41.3 Å². The zero-order valence-electron chi connectivity index (χ0n) is 9.03. The number of rotatable bonds is 3. The van der Waals surface area contributed by atoms with Crippen LogP contribution in [0, 0.1) is 0 Å². The number of para-hydroxylation sites is 1. The zero-order valence-corrected chi connectivity index (χ0v) is 10.6. The maximum Gasteiger partial charge on any atom is 0.138 e. The molecule has 0 spiro atoms. The highest BCUT2D eigenvalue weighted by Crippen LogP contribution is 2.33. The second-order valence-electron chi connectivity index (χ2n) is 4.09. The predicted molar refractivity (Wildman–Crippen MR) is 66.3 cm³/mol. The lowest BCUT2D eigenvalue weighted by Crippen LogP contribution is -2.26. The third kappa shape index (κ3) is 2.39. The van der Waals surface area contributed by atoms with Gasteiger partial charge in [0, 0.05) is 12.1 Å². The first kappa shape index (κ1) is 11.9. The van der Waals surface area contributed by atoms with Crippen molar-refractivity contribution in [3.05, 3.63) is 28.2 Å². The SMILES string of the molecule is NCc1cccc(Br)c1OC1CCCC1O. The minimum Gasteiger partial charge on any atom is -0.486 e. The van der Waals surface area contributed by atoms with Crippen LogP contribution >= 0.6 is 15.9 Å². The van der Waals surface area contributed by atoms with Crippen molar-refractivity contribution in [2.45, 2.75) is 38.0 Å². The molecule has 1 aromatic rings. The van der Waals surface area contributed by atoms with Crippen molar-refractivity contribution in [2.75, 3.05) is 0 Å². The smallest absolute Gasteiger partial charge is 0.138 e. The van der Waals surface area contributed by atoms with Crippen LogP contribution in [0.2, 0.25) is 0 Å². The fourth-order valence-electron chi connectivity index (χ4n) is 2.04. The molecule has 0 radical (unpaired) electrons. The average Bonchev–Trinajstić information content (AvgIpc) is 2.67. The van der Waals surface area contributed by atoms with Crippen molar-refractivity contribution in [1.29, 1.82) is 0 Å². The Morgan fingerprint density at radius 1 is 1.44 bits per heavy atom. The summed E-state index contributed by atoms with van der Waals surface area (Å²) in [6.45, 7) is 0.442. The van der Waals surface area contributed by atoms with Gasteiger partial charge in [-0.15, -0.1) is 0 Å². The fraction of sp³-hybridized carbons (Fsp3) is 0.500. The molecule has 3 nitrogen and oxygen atoms in total. The van der Waals surface area contributed by atoms with Gasteiger partial charge in [-0.2, -0.15) is 0 Å². The largest absolute Gasteiger partial charge is 0.486 e.